The maximum Gasteiger partial charge on any atom is 0.122 e. The van der Waals surface area contributed by atoms with E-state index < -0.39 is 0 Å². The van der Waals surface area contributed by atoms with Gasteiger partial charge in [-0.1, -0.05) is 37.5 Å². The van der Waals surface area contributed by atoms with Crippen LogP contribution in [0.5, 0.6) is 5.75 Å². The van der Waals surface area contributed by atoms with Crippen LogP contribution in [0.3, 0.4) is 0 Å². The fourth-order valence-corrected chi connectivity index (χ4v) is 3.51. The van der Waals surface area contributed by atoms with Crippen LogP contribution in [0.25, 0.3) is 0 Å². The van der Waals surface area contributed by atoms with E-state index in [0.29, 0.717) is 11.5 Å². The second-order valence-electron chi connectivity index (χ2n) is 6.37. The van der Waals surface area contributed by atoms with Gasteiger partial charge >= 0.3 is 0 Å². The van der Waals surface area contributed by atoms with Gasteiger partial charge in [0.2, 0.25) is 0 Å². The Bertz CT molecular complexity index is 423. The van der Waals surface area contributed by atoms with Crippen molar-refractivity contribution < 1.29 is 4.74 Å². The molecule has 1 saturated carbocycles. The van der Waals surface area contributed by atoms with Crippen molar-refractivity contribution in [2.45, 2.75) is 56.9 Å². The fraction of sp³-hybridized carbons (Fsp3) is 0.647. The van der Waals surface area contributed by atoms with Gasteiger partial charge in [-0.25, -0.2) is 0 Å². The lowest BCUT2D eigenvalue weighted by Gasteiger charge is -2.37. The average molecular weight is 259 g/mol. The number of hydrogen-bond acceptors (Lipinski definition) is 2. The van der Waals surface area contributed by atoms with E-state index in [4.69, 9.17) is 4.74 Å². The number of hydrogen-bond donors (Lipinski definition) is 1. The zero-order chi connectivity index (χ0) is 13.1. The molecule has 1 aromatic rings. The number of para-hydroxylation sites is 1. The van der Waals surface area contributed by atoms with Crippen LogP contribution in [0, 0.1) is 0 Å². The lowest BCUT2D eigenvalue weighted by atomic mass is 9.82. The molecule has 2 nitrogen and oxygen atoms in total. The summed E-state index contributed by atoms with van der Waals surface area (Å²) in [6.45, 7) is 4.36. The standard InChI is InChI=1S/C17H25NO/c1-17(10-5-2-6-11-17)18-13-14-9-12-19-16-8-4-3-7-15(14)16/h3-4,7-8,14,18H,2,5-6,9-13H2,1H3. The third-order valence-corrected chi connectivity index (χ3v) is 4.82. The van der Waals surface area contributed by atoms with Crippen molar-refractivity contribution >= 4 is 0 Å². The van der Waals surface area contributed by atoms with Crippen LogP contribution in [0.1, 0.15) is 56.9 Å². The van der Waals surface area contributed by atoms with Gasteiger partial charge in [0.15, 0.2) is 0 Å². The first-order valence-electron chi connectivity index (χ1n) is 7.74. The SMILES string of the molecule is CC1(NCC2CCOc3ccccc32)CCCCC1. The van der Waals surface area contributed by atoms with Crippen LogP contribution in [-0.2, 0) is 0 Å². The Morgan fingerprint density at radius 2 is 2.00 bits per heavy atom. The van der Waals surface area contributed by atoms with Gasteiger partial charge < -0.3 is 10.1 Å². The van der Waals surface area contributed by atoms with Crippen molar-refractivity contribution in [1.82, 2.24) is 5.32 Å². The molecule has 2 aliphatic rings. The molecule has 1 aromatic carbocycles. The maximum atomic E-state index is 5.74. The molecule has 1 N–H and O–H groups in total. The number of benzene rings is 1. The van der Waals surface area contributed by atoms with Crippen molar-refractivity contribution in [3.63, 3.8) is 0 Å². The van der Waals surface area contributed by atoms with E-state index >= 15 is 0 Å². The van der Waals surface area contributed by atoms with Crippen molar-refractivity contribution in [1.29, 1.82) is 0 Å². The second-order valence-corrected chi connectivity index (χ2v) is 6.37. The van der Waals surface area contributed by atoms with Gasteiger partial charge in [0.25, 0.3) is 0 Å². The molecule has 0 aromatic heterocycles. The lowest BCUT2D eigenvalue weighted by Crippen LogP contribution is -2.46. The molecule has 0 radical (unpaired) electrons. The molecule has 1 fully saturated rings. The highest BCUT2D eigenvalue weighted by Crippen LogP contribution is 2.34. The molecule has 104 valence electrons. The Morgan fingerprint density at radius 3 is 2.84 bits per heavy atom. The summed E-state index contributed by atoms with van der Waals surface area (Å²) in [5, 5.41) is 3.85. The minimum atomic E-state index is 0.367. The van der Waals surface area contributed by atoms with Crippen LogP contribution in [-0.4, -0.2) is 18.7 Å². The third kappa shape index (κ3) is 2.94. The van der Waals surface area contributed by atoms with E-state index in [1.165, 1.54) is 37.7 Å². The van der Waals surface area contributed by atoms with Gasteiger partial charge in [-0.3, -0.25) is 0 Å². The molecule has 1 atom stereocenters. The molecule has 2 heteroatoms. The topological polar surface area (TPSA) is 21.3 Å². The molecule has 0 bridgehead atoms. The minimum absolute atomic E-state index is 0.367. The smallest absolute Gasteiger partial charge is 0.122 e. The summed E-state index contributed by atoms with van der Waals surface area (Å²) in [7, 11) is 0. The van der Waals surface area contributed by atoms with E-state index in [9.17, 15) is 0 Å². The summed E-state index contributed by atoms with van der Waals surface area (Å²) < 4.78 is 5.74. The highest BCUT2D eigenvalue weighted by molar-refractivity contribution is 5.37. The molecule has 19 heavy (non-hydrogen) atoms. The van der Waals surface area contributed by atoms with E-state index in [-0.39, 0.29) is 0 Å². The van der Waals surface area contributed by atoms with Crippen molar-refractivity contribution in [2.24, 2.45) is 0 Å². The van der Waals surface area contributed by atoms with Crippen molar-refractivity contribution in [2.75, 3.05) is 13.2 Å². The number of nitrogens with one attached hydrogen (secondary N) is 1. The number of rotatable bonds is 3. The quantitative estimate of drug-likeness (QED) is 0.890. The largest absolute Gasteiger partial charge is 0.493 e. The molecular weight excluding hydrogens is 234 g/mol. The summed E-state index contributed by atoms with van der Waals surface area (Å²) in [6.07, 6.45) is 7.98. The van der Waals surface area contributed by atoms with E-state index in [0.717, 1.165) is 25.3 Å². The average Bonchev–Trinajstić information content (AvgIpc) is 2.46. The van der Waals surface area contributed by atoms with E-state index in [1.54, 1.807) is 0 Å². The highest BCUT2D eigenvalue weighted by Gasteiger charge is 2.28. The van der Waals surface area contributed by atoms with Crippen molar-refractivity contribution in [3.8, 4) is 5.75 Å². The monoisotopic (exact) mass is 259 g/mol. The second kappa shape index (κ2) is 5.54. The van der Waals surface area contributed by atoms with Crippen LogP contribution in [0.2, 0.25) is 0 Å². The zero-order valence-electron chi connectivity index (χ0n) is 12.0. The molecule has 1 heterocycles. The Balaban J connectivity index is 1.64. The van der Waals surface area contributed by atoms with E-state index in [2.05, 4.69) is 36.5 Å². The summed E-state index contributed by atoms with van der Waals surface area (Å²) in [4.78, 5) is 0. The highest BCUT2D eigenvalue weighted by atomic mass is 16.5. The van der Waals surface area contributed by atoms with Crippen LogP contribution in [0.4, 0.5) is 0 Å². The van der Waals surface area contributed by atoms with E-state index in [1.807, 2.05) is 0 Å². The third-order valence-electron chi connectivity index (χ3n) is 4.82. The predicted octanol–water partition coefficient (Wildman–Crippen LogP) is 3.87. The van der Waals surface area contributed by atoms with Gasteiger partial charge in [0.1, 0.15) is 5.75 Å². The predicted molar refractivity (Wildman–Crippen MR) is 78.8 cm³/mol. The Hall–Kier alpha value is -1.02. The fourth-order valence-electron chi connectivity index (χ4n) is 3.51. The molecule has 0 amide bonds. The summed E-state index contributed by atoms with van der Waals surface area (Å²) >= 11 is 0. The summed E-state index contributed by atoms with van der Waals surface area (Å²) in [6, 6.07) is 8.52. The lowest BCUT2D eigenvalue weighted by molar-refractivity contribution is 0.226. The summed E-state index contributed by atoms with van der Waals surface area (Å²) in [5.74, 6) is 1.71. The molecule has 1 aliphatic heterocycles. The van der Waals surface area contributed by atoms with Crippen molar-refractivity contribution in [3.05, 3.63) is 29.8 Å². The number of fused-ring (bicyclic) bond motifs is 1. The van der Waals surface area contributed by atoms with Gasteiger partial charge in [-0.2, -0.15) is 0 Å². The molecule has 0 saturated heterocycles. The Labute approximate surface area is 116 Å². The maximum absolute atomic E-state index is 5.74. The van der Waals surface area contributed by atoms with Crippen LogP contribution in [0.15, 0.2) is 24.3 Å². The minimum Gasteiger partial charge on any atom is -0.493 e. The van der Waals surface area contributed by atoms with Gasteiger partial charge in [-0.05, 0) is 37.8 Å². The molecule has 1 aliphatic carbocycles. The first kappa shape index (κ1) is 13.0. The van der Waals surface area contributed by atoms with Gasteiger partial charge in [-0.15, -0.1) is 0 Å². The van der Waals surface area contributed by atoms with Crippen LogP contribution < -0.4 is 10.1 Å². The number of ether oxygens (including phenoxy) is 1. The summed E-state index contributed by atoms with van der Waals surface area (Å²) in [5.41, 5.74) is 1.76. The zero-order valence-corrected chi connectivity index (χ0v) is 12.0. The van der Waals surface area contributed by atoms with Gasteiger partial charge in [0, 0.05) is 18.0 Å². The normalized spacial score (nSPS) is 25.4. The Morgan fingerprint density at radius 1 is 1.21 bits per heavy atom. The van der Waals surface area contributed by atoms with Crippen LogP contribution >= 0.6 is 0 Å². The first-order chi connectivity index (χ1) is 9.27. The molecule has 0 spiro atoms. The molecule has 1 unspecified atom stereocenters. The first-order valence-corrected chi connectivity index (χ1v) is 7.74. The molecule has 3 rings (SSSR count). The molecular formula is C17H25NO. The van der Waals surface area contributed by atoms with Gasteiger partial charge in [0.05, 0.1) is 6.61 Å². The Kier molecular flexibility index (Phi) is 3.79.